The highest BCUT2D eigenvalue weighted by Gasteiger charge is 1.92. The first-order chi connectivity index (χ1) is 7.74. The van der Waals surface area contributed by atoms with Crippen molar-refractivity contribution in [2.24, 2.45) is 0 Å². The van der Waals surface area contributed by atoms with E-state index in [-0.39, 0.29) is 0 Å². The third-order valence-corrected chi connectivity index (χ3v) is 3.55. The van der Waals surface area contributed by atoms with E-state index in [1.54, 1.807) is 11.1 Å². The maximum Gasteiger partial charge on any atom is 0.00313 e. The number of alkyl halides is 1. The van der Waals surface area contributed by atoms with Crippen LogP contribution in [0.3, 0.4) is 0 Å². The molecule has 94 valence electrons. The number of allylic oxidation sites excluding steroid dienone is 4. The minimum atomic E-state index is 1.13. The van der Waals surface area contributed by atoms with Crippen LogP contribution in [0.4, 0.5) is 0 Å². The summed E-state index contributed by atoms with van der Waals surface area (Å²) < 4.78 is 0. The predicted octanol–water partition coefficient (Wildman–Crippen LogP) is 6.02. The summed E-state index contributed by atoms with van der Waals surface area (Å²) in [6.07, 6.45) is 13.6. The van der Waals surface area contributed by atoms with Crippen LogP contribution in [0.2, 0.25) is 0 Å². The Morgan fingerprint density at radius 3 is 2.25 bits per heavy atom. The molecule has 0 fully saturated rings. The van der Waals surface area contributed by atoms with E-state index in [4.69, 9.17) is 0 Å². The van der Waals surface area contributed by atoms with E-state index in [2.05, 4.69) is 48.9 Å². The Balaban J connectivity index is 3.73. The highest BCUT2D eigenvalue weighted by atomic mass is 79.9. The van der Waals surface area contributed by atoms with E-state index in [0.29, 0.717) is 0 Å². The number of halogens is 1. The van der Waals surface area contributed by atoms with Crippen LogP contribution >= 0.6 is 15.9 Å². The van der Waals surface area contributed by atoms with Crippen molar-refractivity contribution in [2.75, 3.05) is 5.33 Å². The van der Waals surface area contributed by atoms with Gasteiger partial charge in [0.15, 0.2) is 0 Å². The van der Waals surface area contributed by atoms with Crippen LogP contribution in [-0.2, 0) is 0 Å². The van der Waals surface area contributed by atoms with Crippen LogP contribution in [0, 0.1) is 0 Å². The first-order valence-electron chi connectivity index (χ1n) is 6.64. The van der Waals surface area contributed by atoms with Gasteiger partial charge in [-0.1, -0.05) is 59.5 Å². The lowest BCUT2D eigenvalue weighted by Gasteiger charge is -2.01. The lowest BCUT2D eigenvalue weighted by atomic mass is 10.1. The first kappa shape index (κ1) is 16.0. The van der Waals surface area contributed by atoms with Crippen LogP contribution in [-0.4, -0.2) is 5.33 Å². The van der Waals surface area contributed by atoms with E-state index in [0.717, 1.165) is 11.8 Å². The molecule has 0 spiro atoms. The topological polar surface area (TPSA) is 0 Å². The van der Waals surface area contributed by atoms with Gasteiger partial charge in [-0.25, -0.2) is 0 Å². The van der Waals surface area contributed by atoms with Crippen molar-refractivity contribution in [1.82, 2.24) is 0 Å². The van der Waals surface area contributed by atoms with Gasteiger partial charge < -0.3 is 0 Å². The van der Waals surface area contributed by atoms with Crippen molar-refractivity contribution in [1.29, 1.82) is 0 Å². The maximum atomic E-state index is 3.47. The first-order valence-corrected chi connectivity index (χ1v) is 7.76. The summed E-state index contributed by atoms with van der Waals surface area (Å²) in [4.78, 5) is 0. The van der Waals surface area contributed by atoms with Crippen LogP contribution in [0.1, 0.15) is 65.7 Å². The van der Waals surface area contributed by atoms with Crippen molar-refractivity contribution in [3.8, 4) is 0 Å². The number of hydrogen-bond acceptors (Lipinski definition) is 0. The van der Waals surface area contributed by atoms with Crippen LogP contribution in [0.15, 0.2) is 23.3 Å². The molecule has 0 aliphatic rings. The fraction of sp³-hybridized carbons (Fsp3) is 0.733. The molecule has 0 saturated heterocycles. The van der Waals surface area contributed by atoms with Gasteiger partial charge in [-0.05, 0) is 45.4 Å². The van der Waals surface area contributed by atoms with Crippen molar-refractivity contribution >= 4 is 15.9 Å². The predicted molar refractivity (Wildman–Crippen MR) is 79.3 cm³/mol. The average Bonchev–Trinajstić information content (AvgIpc) is 2.30. The monoisotopic (exact) mass is 286 g/mol. The number of unbranched alkanes of at least 4 members (excludes halogenated alkanes) is 2. The quantitative estimate of drug-likeness (QED) is 0.276. The van der Waals surface area contributed by atoms with Gasteiger partial charge in [0.05, 0.1) is 0 Å². The Kier molecular flexibility index (Phi) is 11.4. The average molecular weight is 287 g/mol. The summed E-state index contributed by atoms with van der Waals surface area (Å²) in [6.45, 7) is 6.75. The standard InChI is InChI=1S/C15H27Br/c1-4-15(5-2)12-9-11-14(3)10-7-6-8-13-16/h11-12H,4-10,13H2,1-3H3/b14-11+. The van der Waals surface area contributed by atoms with E-state index in [1.165, 1.54) is 38.5 Å². The zero-order chi connectivity index (χ0) is 12.2. The molecule has 0 rings (SSSR count). The Bertz CT molecular complexity index is 207. The van der Waals surface area contributed by atoms with Gasteiger partial charge in [-0.3, -0.25) is 0 Å². The van der Waals surface area contributed by atoms with E-state index in [1.807, 2.05) is 0 Å². The summed E-state index contributed by atoms with van der Waals surface area (Å²) in [5, 5.41) is 1.15. The van der Waals surface area contributed by atoms with E-state index < -0.39 is 0 Å². The highest BCUT2D eigenvalue weighted by molar-refractivity contribution is 9.09. The zero-order valence-electron chi connectivity index (χ0n) is 11.2. The molecule has 0 heterocycles. The van der Waals surface area contributed by atoms with Crippen molar-refractivity contribution in [3.63, 3.8) is 0 Å². The Hall–Kier alpha value is -0.0400. The molecule has 0 nitrogen and oxygen atoms in total. The lowest BCUT2D eigenvalue weighted by Crippen LogP contribution is -1.82. The summed E-state index contributed by atoms with van der Waals surface area (Å²) in [5.74, 6) is 0. The molecule has 0 aliphatic heterocycles. The highest BCUT2D eigenvalue weighted by Crippen LogP contribution is 2.12. The molecule has 0 aromatic carbocycles. The molecule has 0 aromatic heterocycles. The Morgan fingerprint density at radius 1 is 1.00 bits per heavy atom. The zero-order valence-corrected chi connectivity index (χ0v) is 12.8. The van der Waals surface area contributed by atoms with Gasteiger partial charge in [0.1, 0.15) is 0 Å². The second-order valence-electron chi connectivity index (χ2n) is 4.36. The number of hydrogen-bond donors (Lipinski definition) is 0. The summed E-state index contributed by atoms with van der Waals surface area (Å²) >= 11 is 3.47. The minimum absolute atomic E-state index is 1.13. The number of rotatable bonds is 9. The molecule has 0 N–H and O–H groups in total. The molecule has 16 heavy (non-hydrogen) atoms. The molecular weight excluding hydrogens is 260 g/mol. The fourth-order valence-electron chi connectivity index (χ4n) is 1.74. The lowest BCUT2D eigenvalue weighted by molar-refractivity contribution is 0.718. The fourth-order valence-corrected chi connectivity index (χ4v) is 2.14. The second kappa shape index (κ2) is 11.4. The van der Waals surface area contributed by atoms with Gasteiger partial charge >= 0.3 is 0 Å². The smallest absolute Gasteiger partial charge is 0.00313 e. The summed E-state index contributed by atoms with van der Waals surface area (Å²) in [6, 6.07) is 0. The van der Waals surface area contributed by atoms with Crippen molar-refractivity contribution in [3.05, 3.63) is 23.3 Å². The van der Waals surface area contributed by atoms with Gasteiger partial charge in [0, 0.05) is 5.33 Å². The summed E-state index contributed by atoms with van der Waals surface area (Å²) in [7, 11) is 0. The third kappa shape index (κ3) is 9.21. The molecule has 0 aromatic rings. The molecule has 0 bridgehead atoms. The second-order valence-corrected chi connectivity index (χ2v) is 5.15. The van der Waals surface area contributed by atoms with Crippen LogP contribution < -0.4 is 0 Å². The molecule has 0 saturated carbocycles. The van der Waals surface area contributed by atoms with Crippen molar-refractivity contribution in [2.45, 2.75) is 65.7 Å². The Labute approximate surface area is 110 Å². The molecular formula is C15H27Br. The maximum absolute atomic E-state index is 3.47. The van der Waals surface area contributed by atoms with Gasteiger partial charge in [-0.2, -0.15) is 0 Å². The molecule has 0 radical (unpaired) electrons. The molecule has 0 aliphatic carbocycles. The van der Waals surface area contributed by atoms with Crippen LogP contribution in [0.25, 0.3) is 0 Å². The van der Waals surface area contributed by atoms with E-state index >= 15 is 0 Å². The van der Waals surface area contributed by atoms with Gasteiger partial charge in [0.25, 0.3) is 0 Å². The normalized spacial score (nSPS) is 11.6. The third-order valence-electron chi connectivity index (χ3n) is 2.99. The SMILES string of the molecule is CCC(=CC/C=C(\C)CCCCCBr)CC. The Morgan fingerprint density at radius 2 is 1.69 bits per heavy atom. The molecule has 1 heteroatoms. The molecule has 0 atom stereocenters. The van der Waals surface area contributed by atoms with E-state index in [9.17, 15) is 0 Å². The molecule has 0 unspecified atom stereocenters. The molecule has 0 amide bonds. The summed E-state index contributed by atoms with van der Waals surface area (Å²) in [5.41, 5.74) is 3.14. The largest absolute Gasteiger partial charge is 0.0928 e. The minimum Gasteiger partial charge on any atom is -0.0928 e. The van der Waals surface area contributed by atoms with Crippen LogP contribution in [0.5, 0.6) is 0 Å². The van der Waals surface area contributed by atoms with Gasteiger partial charge in [0.2, 0.25) is 0 Å². The van der Waals surface area contributed by atoms with Crippen molar-refractivity contribution < 1.29 is 0 Å². The van der Waals surface area contributed by atoms with Gasteiger partial charge in [-0.15, -0.1) is 0 Å².